The number of fused-ring (bicyclic) bond motifs is 1. The number of imidazole rings is 1. The van der Waals surface area contributed by atoms with Crippen LogP contribution in [0.2, 0.25) is 0 Å². The number of carbonyl (C=O) groups is 1. The van der Waals surface area contributed by atoms with E-state index in [9.17, 15) is 9.90 Å². The predicted octanol–water partition coefficient (Wildman–Crippen LogP) is 2.56. The van der Waals surface area contributed by atoms with E-state index in [0.717, 1.165) is 24.3 Å². The SMILES string of the molecule is Cc1nc2c(C(=O)O)cccc2n1C(C)CCN(C)C. The van der Waals surface area contributed by atoms with Crippen molar-refractivity contribution in [2.45, 2.75) is 26.3 Å². The van der Waals surface area contributed by atoms with Gasteiger partial charge in [0.05, 0.1) is 11.1 Å². The lowest BCUT2D eigenvalue weighted by molar-refractivity contribution is 0.0699. The number of hydrogen-bond donors (Lipinski definition) is 1. The van der Waals surface area contributed by atoms with Crippen LogP contribution in [0.4, 0.5) is 0 Å². The van der Waals surface area contributed by atoms with Crippen LogP contribution < -0.4 is 0 Å². The molecule has 2 aromatic rings. The fraction of sp³-hybridized carbons (Fsp3) is 0.467. The molecular weight excluding hydrogens is 254 g/mol. The van der Waals surface area contributed by atoms with Crippen LogP contribution in [-0.2, 0) is 0 Å². The average Bonchev–Trinajstić information content (AvgIpc) is 2.71. The zero-order valence-electron chi connectivity index (χ0n) is 12.4. The molecule has 0 aliphatic rings. The van der Waals surface area contributed by atoms with Crippen molar-refractivity contribution >= 4 is 17.0 Å². The van der Waals surface area contributed by atoms with Gasteiger partial charge < -0.3 is 14.6 Å². The van der Waals surface area contributed by atoms with Gasteiger partial charge in [0, 0.05) is 6.04 Å². The van der Waals surface area contributed by atoms with E-state index >= 15 is 0 Å². The van der Waals surface area contributed by atoms with Crippen LogP contribution in [0.1, 0.15) is 35.6 Å². The Morgan fingerprint density at radius 3 is 2.75 bits per heavy atom. The van der Waals surface area contributed by atoms with Gasteiger partial charge in [-0.1, -0.05) is 6.07 Å². The fourth-order valence-corrected chi connectivity index (χ4v) is 2.54. The van der Waals surface area contributed by atoms with Crippen LogP contribution in [-0.4, -0.2) is 46.2 Å². The molecule has 1 heterocycles. The number of aryl methyl sites for hydroxylation is 1. The van der Waals surface area contributed by atoms with Crippen molar-refractivity contribution < 1.29 is 9.90 Å². The Labute approximate surface area is 118 Å². The van der Waals surface area contributed by atoms with Gasteiger partial charge in [0.25, 0.3) is 0 Å². The smallest absolute Gasteiger partial charge is 0.337 e. The van der Waals surface area contributed by atoms with Gasteiger partial charge in [0.2, 0.25) is 0 Å². The molecule has 0 saturated carbocycles. The summed E-state index contributed by atoms with van der Waals surface area (Å²) in [6.07, 6.45) is 0.997. The molecule has 0 bridgehead atoms. The van der Waals surface area contributed by atoms with Crippen molar-refractivity contribution in [3.05, 3.63) is 29.6 Å². The molecule has 1 unspecified atom stereocenters. The number of carboxylic acid groups (broad SMARTS) is 1. The first-order valence-corrected chi connectivity index (χ1v) is 6.77. The number of carboxylic acids is 1. The molecule has 5 heteroatoms. The van der Waals surface area contributed by atoms with Crippen LogP contribution in [0.3, 0.4) is 0 Å². The number of aromatic nitrogens is 2. The molecule has 5 nitrogen and oxygen atoms in total. The summed E-state index contributed by atoms with van der Waals surface area (Å²) in [7, 11) is 4.10. The monoisotopic (exact) mass is 275 g/mol. The summed E-state index contributed by atoms with van der Waals surface area (Å²) < 4.78 is 2.13. The maximum absolute atomic E-state index is 11.3. The van der Waals surface area contributed by atoms with Gasteiger partial charge in [-0.25, -0.2) is 9.78 Å². The molecule has 0 spiro atoms. The van der Waals surface area contributed by atoms with E-state index in [1.165, 1.54) is 0 Å². The number of nitrogens with zero attached hydrogens (tertiary/aromatic N) is 3. The summed E-state index contributed by atoms with van der Waals surface area (Å²) in [6, 6.07) is 5.61. The summed E-state index contributed by atoms with van der Waals surface area (Å²) in [5.41, 5.74) is 1.74. The number of rotatable bonds is 5. The molecular formula is C15H21N3O2. The Kier molecular flexibility index (Phi) is 4.09. The van der Waals surface area contributed by atoms with E-state index in [4.69, 9.17) is 0 Å². The zero-order valence-corrected chi connectivity index (χ0v) is 12.4. The maximum Gasteiger partial charge on any atom is 0.337 e. The molecule has 0 aliphatic carbocycles. The molecule has 1 atom stereocenters. The maximum atomic E-state index is 11.3. The van der Waals surface area contributed by atoms with Crippen LogP contribution >= 0.6 is 0 Å². The summed E-state index contributed by atoms with van der Waals surface area (Å²) in [5, 5.41) is 9.24. The molecule has 0 fully saturated rings. The molecule has 1 aromatic heterocycles. The van der Waals surface area contributed by atoms with Crippen molar-refractivity contribution in [1.82, 2.24) is 14.5 Å². The molecule has 1 aromatic carbocycles. The van der Waals surface area contributed by atoms with Gasteiger partial charge in [-0.2, -0.15) is 0 Å². The first kappa shape index (κ1) is 14.5. The Hall–Kier alpha value is -1.88. The summed E-state index contributed by atoms with van der Waals surface area (Å²) >= 11 is 0. The Bertz CT molecular complexity index is 631. The number of benzene rings is 1. The lowest BCUT2D eigenvalue weighted by Crippen LogP contribution is -2.18. The first-order chi connectivity index (χ1) is 9.41. The summed E-state index contributed by atoms with van der Waals surface area (Å²) in [5.74, 6) is -0.0684. The lowest BCUT2D eigenvalue weighted by atomic mass is 10.1. The minimum Gasteiger partial charge on any atom is -0.478 e. The van der Waals surface area contributed by atoms with E-state index < -0.39 is 5.97 Å². The minimum absolute atomic E-state index is 0.268. The molecule has 0 aliphatic heterocycles. The van der Waals surface area contributed by atoms with Crippen molar-refractivity contribution in [3.63, 3.8) is 0 Å². The molecule has 0 radical (unpaired) electrons. The highest BCUT2D eigenvalue weighted by atomic mass is 16.4. The number of hydrogen-bond acceptors (Lipinski definition) is 3. The van der Waals surface area contributed by atoms with Crippen molar-refractivity contribution in [3.8, 4) is 0 Å². The minimum atomic E-state index is -0.929. The fourth-order valence-electron chi connectivity index (χ4n) is 2.54. The number of aromatic carboxylic acids is 1. The van der Waals surface area contributed by atoms with Crippen LogP contribution in [0.5, 0.6) is 0 Å². The van der Waals surface area contributed by atoms with Gasteiger partial charge in [-0.15, -0.1) is 0 Å². The first-order valence-electron chi connectivity index (χ1n) is 6.77. The topological polar surface area (TPSA) is 58.4 Å². The quantitative estimate of drug-likeness (QED) is 0.911. The average molecular weight is 275 g/mol. The van der Waals surface area contributed by atoms with Gasteiger partial charge in [0.15, 0.2) is 0 Å². The molecule has 108 valence electrons. The van der Waals surface area contributed by atoms with Gasteiger partial charge >= 0.3 is 5.97 Å². The van der Waals surface area contributed by atoms with Crippen molar-refractivity contribution in [2.24, 2.45) is 0 Å². The van der Waals surface area contributed by atoms with Crippen molar-refractivity contribution in [2.75, 3.05) is 20.6 Å². The van der Waals surface area contributed by atoms with E-state index in [1.807, 2.05) is 27.1 Å². The highest BCUT2D eigenvalue weighted by Gasteiger charge is 2.17. The Balaban J connectivity index is 2.46. The van der Waals surface area contributed by atoms with E-state index in [2.05, 4.69) is 21.4 Å². The third-order valence-electron chi connectivity index (χ3n) is 3.56. The second-order valence-electron chi connectivity index (χ2n) is 5.45. The lowest BCUT2D eigenvalue weighted by Gasteiger charge is -2.18. The molecule has 1 N–H and O–H groups in total. The molecule has 0 amide bonds. The Morgan fingerprint density at radius 2 is 2.15 bits per heavy atom. The number of para-hydroxylation sites is 1. The molecule has 0 saturated heterocycles. The van der Waals surface area contributed by atoms with Gasteiger partial charge in [0.1, 0.15) is 11.3 Å². The van der Waals surface area contributed by atoms with E-state index in [1.54, 1.807) is 12.1 Å². The van der Waals surface area contributed by atoms with Crippen molar-refractivity contribution in [1.29, 1.82) is 0 Å². The summed E-state index contributed by atoms with van der Waals surface area (Å²) in [6.45, 7) is 5.06. The normalized spacial score (nSPS) is 13.1. The standard InChI is InChI=1S/C15H21N3O2/c1-10(8-9-17(3)4)18-11(2)16-14-12(15(19)20)6-5-7-13(14)18/h5-7,10H,8-9H2,1-4H3,(H,19,20). The van der Waals surface area contributed by atoms with Gasteiger partial charge in [-0.05, 0) is 53.0 Å². The van der Waals surface area contributed by atoms with Crippen LogP contribution in [0.15, 0.2) is 18.2 Å². The molecule has 2 rings (SSSR count). The molecule has 20 heavy (non-hydrogen) atoms. The third kappa shape index (κ3) is 2.67. The van der Waals surface area contributed by atoms with Crippen LogP contribution in [0.25, 0.3) is 11.0 Å². The second-order valence-corrected chi connectivity index (χ2v) is 5.45. The summed E-state index contributed by atoms with van der Waals surface area (Å²) in [4.78, 5) is 17.9. The van der Waals surface area contributed by atoms with E-state index in [-0.39, 0.29) is 11.6 Å². The second kappa shape index (κ2) is 5.63. The van der Waals surface area contributed by atoms with Gasteiger partial charge in [-0.3, -0.25) is 0 Å². The zero-order chi connectivity index (χ0) is 14.9. The third-order valence-corrected chi connectivity index (χ3v) is 3.56. The predicted molar refractivity (Wildman–Crippen MR) is 79.3 cm³/mol. The van der Waals surface area contributed by atoms with Crippen LogP contribution in [0, 0.1) is 6.92 Å². The highest BCUT2D eigenvalue weighted by molar-refractivity contribution is 6.01. The highest BCUT2D eigenvalue weighted by Crippen LogP contribution is 2.25. The largest absolute Gasteiger partial charge is 0.478 e. The Morgan fingerprint density at radius 1 is 1.45 bits per heavy atom. The van der Waals surface area contributed by atoms with E-state index in [0.29, 0.717) is 5.52 Å².